The van der Waals surface area contributed by atoms with Gasteiger partial charge in [0.1, 0.15) is 5.68 Å². The summed E-state index contributed by atoms with van der Waals surface area (Å²) in [6.45, 7) is 9.05. The predicted octanol–water partition coefficient (Wildman–Crippen LogP) is 0.998. The zero-order valence-corrected chi connectivity index (χ0v) is 9.40. The summed E-state index contributed by atoms with van der Waals surface area (Å²) in [6.07, 6.45) is 5.30. The molecular weight excluding hydrogens is 201 g/mol. The Morgan fingerprint density at radius 3 is 2.69 bits per heavy atom. The van der Waals surface area contributed by atoms with Gasteiger partial charge in [-0.15, -0.1) is 0 Å². The highest BCUT2D eigenvalue weighted by Gasteiger charge is 2.33. The summed E-state index contributed by atoms with van der Waals surface area (Å²) >= 11 is 0. The molecule has 1 heterocycles. The fraction of sp³-hybridized carbons (Fsp3) is 0.333. The highest BCUT2D eigenvalue weighted by molar-refractivity contribution is 6.81. The lowest BCUT2D eigenvalue weighted by molar-refractivity contribution is -0.121. The number of nitrogens with one attached hydrogen (secondary N) is 1. The van der Waals surface area contributed by atoms with Crippen molar-refractivity contribution in [2.45, 2.75) is 19.4 Å². The average molecular weight is 216 g/mol. The number of hydrogen-bond donors (Lipinski definition) is 1. The number of carbonyl (C=O) groups excluding carboxylic acids is 2. The minimum absolute atomic E-state index is 0.0473. The van der Waals surface area contributed by atoms with Crippen LogP contribution in [0.15, 0.2) is 36.9 Å². The van der Waals surface area contributed by atoms with E-state index in [0.29, 0.717) is 11.9 Å². The van der Waals surface area contributed by atoms with E-state index >= 15 is 0 Å². The molecule has 2 unspecified atom stereocenters. The van der Waals surface area contributed by atoms with Gasteiger partial charge in [0, 0.05) is 6.42 Å². The molecule has 1 N–H and O–H groups in total. The van der Waals surface area contributed by atoms with E-state index in [2.05, 4.69) is 18.5 Å². The van der Waals surface area contributed by atoms with Crippen molar-refractivity contribution >= 4 is 18.9 Å². The van der Waals surface area contributed by atoms with Gasteiger partial charge in [0.15, 0.2) is 0 Å². The van der Waals surface area contributed by atoms with Crippen molar-refractivity contribution in [1.82, 2.24) is 5.32 Å². The van der Waals surface area contributed by atoms with E-state index in [1.807, 2.05) is 6.92 Å². The van der Waals surface area contributed by atoms with E-state index in [0.717, 1.165) is 0 Å². The normalized spacial score (nSPS) is 24.8. The van der Waals surface area contributed by atoms with Gasteiger partial charge in [0.25, 0.3) is 0 Å². The van der Waals surface area contributed by atoms with Crippen molar-refractivity contribution < 1.29 is 9.59 Å². The van der Waals surface area contributed by atoms with Crippen LogP contribution in [-0.4, -0.2) is 24.9 Å². The maximum atomic E-state index is 11.9. The maximum Gasteiger partial charge on any atom is 0.244 e. The molecule has 1 aliphatic heterocycles. The SMILES string of the molecule is C=C/C=C(/[B]C(=O)C1NC(=O)CC1C)C=C. The molecule has 83 valence electrons. The number of rotatable bonds is 5. The number of allylic oxidation sites excluding steroid dienone is 4. The van der Waals surface area contributed by atoms with Crippen LogP contribution in [0.1, 0.15) is 13.3 Å². The summed E-state index contributed by atoms with van der Waals surface area (Å²) in [5, 5.41) is 2.67. The highest BCUT2D eigenvalue weighted by Crippen LogP contribution is 2.16. The molecule has 16 heavy (non-hydrogen) atoms. The molecular formula is C12H15BNO2. The lowest BCUT2D eigenvalue weighted by Gasteiger charge is -2.13. The van der Waals surface area contributed by atoms with Crippen molar-refractivity contribution in [3.8, 4) is 0 Å². The van der Waals surface area contributed by atoms with Gasteiger partial charge in [-0.05, 0) is 5.92 Å². The predicted molar refractivity (Wildman–Crippen MR) is 64.9 cm³/mol. The van der Waals surface area contributed by atoms with Crippen LogP contribution >= 0.6 is 0 Å². The van der Waals surface area contributed by atoms with Crippen LogP contribution in [0, 0.1) is 5.92 Å². The fourth-order valence-corrected chi connectivity index (χ4v) is 1.70. The third-order valence-corrected chi connectivity index (χ3v) is 2.55. The topological polar surface area (TPSA) is 46.2 Å². The van der Waals surface area contributed by atoms with Crippen molar-refractivity contribution in [3.63, 3.8) is 0 Å². The summed E-state index contributed by atoms with van der Waals surface area (Å²) in [5.74, 6) is -0.0156. The summed E-state index contributed by atoms with van der Waals surface area (Å²) in [6, 6.07) is -0.402. The number of amides is 1. The minimum Gasteiger partial charge on any atom is -0.347 e. The smallest absolute Gasteiger partial charge is 0.244 e. The average Bonchev–Trinajstić information content (AvgIpc) is 2.57. The molecule has 1 saturated heterocycles. The monoisotopic (exact) mass is 216 g/mol. The molecule has 0 aromatic rings. The highest BCUT2D eigenvalue weighted by atomic mass is 16.2. The molecule has 0 spiro atoms. The Balaban J connectivity index is 2.65. The molecule has 3 nitrogen and oxygen atoms in total. The Bertz CT molecular complexity index is 360. The van der Waals surface area contributed by atoms with Gasteiger partial charge >= 0.3 is 0 Å². The third kappa shape index (κ3) is 2.96. The molecule has 1 fully saturated rings. The summed E-state index contributed by atoms with van der Waals surface area (Å²) < 4.78 is 0. The molecule has 1 radical (unpaired) electrons. The van der Waals surface area contributed by atoms with Crippen LogP contribution < -0.4 is 5.32 Å². The van der Waals surface area contributed by atoms with Crippen molar-refractivity contribution in [2.75, 3.05) is 0 Å². The molecule has 2 atom stereocenters. The first-order chi connectivity index (χ1) is 7.58. The van der Waals surface area contributed by atoms with Crippen LogP contribution in [0.3, 0.4) is 0 Å². The first-order valence-corrected chi connectivity index (χ1v) is 5.21. The second-order valence-corrected chi connectivity index (χ2v) is 3.88. The molecule has 0 saturated carbocycles. The Labute approximate surface area is 96.5 Å². The molecule has 0 aromatic heterocycles. The van der Waals surface area contributed by atoms with E-state index in [9.17, 15) is 9.59 Å². The molecule has 0 aromatic carbocycles. The van der Waals surface area contributed by atoms with Gasteiger partial charge in [-0.25, -0.2) is 0 Å². The standard InChI is InChI=1S/C12H15BNO2/c1-4-6-9(5-2)13-12(16)11-8(3)7-10(15)14-11/h4-6,8,11H,1-2,7H2,3H3,(H,14,15)/b9-6+. The molecule has 1 amide bonds. The maximum absolute atomic E-state index is 11.9. The third-order valence-electron chi connectivity index (χ3n) is 2.55. The molecule has 0 bridgehead atoms. The Morgan fingerprint density at radius 1 is 1.56 bits per heavy atom. The summed E-state index contributed by atoms with van der Waals surface area (Å²) in [7, 11) is 1.49. The van der Waals surface area contributed by atoms with E-state index < -0.39 is 6.04 Å². The van der Waals surface area contributed by atoms with Gasteiger partial charge < -0.3 is 10.1 Å². The minimum atomic E-state index is -0.402. The van der Waals surface area contributed by atoms with Crippen LogP contribution in [0.25, 0.3) is 0 Å². The summed E-state index contributed by atoms with van der Waals surface area (Å²) in [5.41, 5.74) is 0.611. The van der Waals surface area contributed by atoms with Crippen LogP contribution in [0.5, 0.6) is 0 Å². The van der Waals surface area contributed by atoms with Gasteiger partial charge in [0.05, 0.1) is 6.04 Å². The molecule has 0 aliphatic carbocycles. The van der Waals surface area contributed by atoms with Gasteiger partial charge in [-0.3, -0.25) is 4.79 Å². The van der Waals surface area contributed by atoms with Gasteiger partial charge in [-0.1, -0.05) is 43.8 Å². The van der Waals surface area contributed by atoms with Crippen molar-refractivity contribution in [3.05, 3.63) is 36.9 Å². The Morgan fingerprint density at radius 2 is 2.25 bits per heavy atom. The zero-order chi connectivity index (χ0) is 12.1. The number of carbonyl (C=O) groups is 2. The lowest BCUT2D eigenvalue weighted by atomic mass is 9.62. The molecule has 1 aliphatic rings. The van der Waals surface area contributed by atoms with E-state index in [-0.39, 0.29) is 17.5 Å². The zero-order valence-electron chi connectivity index (χ0n) is 9.40. The number of hydrogen-bond acceptors (Lipinski definition) is 2. The second-order valence-electron chi connectivity index (χ2n) is 3.88. The van der Waals surface area contributed by atoms with Crippen LogP contribution in [0.2, 0.25) is 0 Å². The largest absolute Gasteiger partial charge is 0.347 e. The van der Waals surface area contributed by atoms with Gasteiger partial charge in [-0.2, -0.15) is 0 Å². The van der Waals surface area contributed by atoms with Crippen molar-refractivity contribution in [2.24, 2.45) is 5.92 Å². The molecule has 1 rings (SSSR count). The van der Waals surface area contributed by atoms with E-state index in [1.165, 1.54) is 7.28 Å². The van der Waals surface area contributed by atoms with Crippen LogP contribution in [-0.2, 0) is 9.59 Å². The lowest BCUT2D eigenvalue weighted by Crippen LogP contribution is -2.39. The van der Waals surface area contributed by atoms with Gasteiger partial charge in [0.2, 0.25) is 13.2 Å². The Hall–Kier alpha value is -1.58. The second kappa shape index (κ2) is 5.49. The fourth-order valence-electron chi connectivity index (χ4n) is 1.70. The van der Waals surface area contributed by atoms with E-state index in [4.69, 9.17) is 0 Å². The molecule has 4 heteroatoms. The van der Waals surface area contributed by atoms with Crippen LogP contribution in [0.4, 0.5) is 0 Å². The van der Waals surface area contributed by atoms with E-state index in [1.54, 1.807) is 18.2 Å². The first kappa shape index (κ1) is 12.5. The first-order valence-electron chi connectivity index (χ1n) is 5.21. The van der Waals surface area contributed by atoms with Crippen molar-refractivity contribution in [1.29, 1.82) is 0 Å². The Kier molecular flexibility index (Phi) is 4.29. The quantitative estimate of drug-likeness (QED) is 0.550. The summed E-state index contributed by atoms with van der Waals surface area (Å²) in [4.78, 5) is 23.0.